The van der Waals surface area contributed by atoms with E-state index in [0.717, 1.165) is 23.2 Å². The van der Waals surface area contributed by atoms with Crippen molar-refractivity contribution in [1.82, 2.24) is 15.0 Å². The standard InChI is InChI=1S/C13H16N4O/c1-3-10(2)15-16-13(18)8-17-9-14-11-6-4-5-7-12(11)17/h4-7,9H,3,8H2,1-2H3,(H,16,18)/b15-10+. The van der Waals surface area contributed by atoms with Crippen LogP contribution in [0.4, 0.5) is 0 Å². The smallest absolute Gasteiger partial charge is 0.260 e. The Morgan fingerprint density at radius 2 is 2.22 bits per heavy atom. The number of nitrogens with one attached hydrogen (secondary N) is 1. The first-order valence-corrected chi connectivity index (χ1v) is 5.92. The van der Waals surface area contributed by atoms with E-state index in [-0.39, 0.29) is 12.5 Å². The van der Waals surface area contributed by atoms with Crippen molar-refractivity contribution in [3.05, 3.63) is 30.6 Å². The number of hydrogen-bond acceptors (Lipinski definition) is 3. The fourth-order valence-electron chi connectivity index (χ4n) is 1.56. The Morgan fingerprint density at radius 1 is 1.44 bits per heavy atom. The van der Waals surface area contributed by atoms with E-state index in [0.29, 0.717) is 0 Å². The van der Waals surface area contributed by atoms with Crippen LogP contribution in [0.25, 0.3) is 11.0 Å². The Labute approximate surface area is 106 Å². The lowest BCUT2D eigenvalue weighted by molar-refractivity contribution is -0.121. The van der Waals surface area contributed by atoms with Gasteiger partial charge >= 0.3 is 0 Å². The minimum atomic E-state index is -0.147. The number of benzene rings is 1. The van der Waals surface area contributed by atoms with Crippen molar-refractivity contribution in [2.45, 2.75) is 26.8 Å². The van der Waals surface area contributed by atoms with E-state index in [2.05, 4.69) is 15.5 Å². The van der Waals surface area contributed by atoms with Gasteiger partial charge in [0, 0.05) is 5.71 Å². The number of nitrogens with zero attached hydrogens (tertiary/aromatic N) is 3. The average molecular weight is 244 g/mol. The molecule has 1 N–H and O–H groups in total. The van der Waals surface area contributed by atoms with Crippen LogP contribution in [-0.2, 0) is 11.3 Å². The van der Waals surface area contributed by atoms with Crippen LogP contribution in [0.15, 0.2) is 35.7 Å². The SMILES string of the molecule is CC/C(C)=N/NC(=O)Cn1cnc2ccccc21. The van der Waals surface area contributed by atoms with Crippen LogP contribution in [-0.4, -0.2) is 21.2 Å². The van der Waals surface area contributed by atoms with Crippen molar-refractivity contribution in [3.63, 3.8) is 0 Å². The number of hydrogen-bond donors (Lipinski definition) is 1. The van der Waals surface area contributed by atoms with Crippen molar-refractivity contribution in [2.24, 2.45) is 5.10 Å². The minimum Gasteiger partial charge on any atom is -0.321 e. The number of hydrazone groups is 1. The van der Waals surface area contributed by atoms with Gasteiger partial charge in [-0.05, 0) is 25.5 Å². The summed E-state index contributed by atoms with van der Waals surface area (Å²) >= 11 is 0. The second-order valence-electron chi connectivity index (χ2n) is 4.10. The number of rotatable bonds is 4. The van der Waals surface area contributed by atoms with Gasteiger partial charge in [0.1, 0.15) is 6.54 Å². The van der Waals surface area contributed by atoms with Gasteiger partial charge in [-0.15, -0.1) is 0 Å². The molecular weight excluding hydrogens is 228 g/mol. The highest BCUT2D eigenvalue weighted by molar-refractivity contribution is 5.84. The molecule has 1 heterocycles. The molecule has 0 aliphatic rings. The molecule has 0 radical (unpaired) electrons. The second-order valence-corrected chi connectivity index (χ2v) is 4.10. The molecule has 0 fully saturated rings. The van der Waals surface area contributed by atoms with Crippen LogP contribution in [0.2, 0.25) is 0 Å². The van der Waals surface area contributed by atoms with Crippen LogP contribution >= 0.6 is 0 Å². The topological polar surface area (TPSA) is 59.3 Å². The summed E-state index contributed by atoms with van der Waals surface area (Å²) in [4.78, 5) is 15.9. The van der Waals surface area contributed by atoms with E-state index in [1.165, 1.54) is 0 Å². The van der Waals surface area contributed by atoms with Gasteiger partial charge in [0.05, 0.1) is 17.4 Å². The van der Waals surface area contributed by atoms with Gasteiger partial charge in [-0.1, -0.05) is 19.1 Å². The summed E-state index contributed by atoms with van der Waals surface area (Å²) in [5, 5.41) is 3.99. The molecule has 1 aromatic carbocycles. The summed E-state index contributed by atoms with van der Waals surface area (Å²) in [5.41, 5.74) is 5.27. The summed E-state index contributed by atoms with van der Waals surface area (Å²) in [5.74, 6) is -0.147. The molecule has 0 bridgehead atoms. The molecule has 0 aliphatic heterocycles. The quantitative estimate of drug-likeness (QED) is 0.660. The third kappa shape index (κ3) is 2.74. The maximum atomic E-state index is 11.7. The minimum absolute atomic E-state index is 0.147. The fraction of sp³-hybridized carbons (Fsp3) is 0.308. The average Bonchev–Trinajstić information content (AvgIpc) is 2.79. The first-order valence-electron chi connectivity index (χ1n) is 5.92. The molecule has 0 aliphatic carbocycles. The van der Waals surface area contributed by atoms with Gasteiger partial charge in [0.15, 0.2) is 0 Å². The van der Waals surface area contributed by atoms with Gasteiger partial charge in [-0.2, -0.15) is 5.10 Å². The lowest BCUT2D eigenvalue weighted by atomic mass is 10.3. The molecule has 18 heavy (non-hydrogen) atoms. The van der Waals surface area contributed by atoms with Gasteiger partial charge in [-0.3, -0.25) is 4.79 Å². The van der Waals surface area contributed by atoms with Crippen LogP contribution < -0.4 is 5.43 Å². The molecule has 2 aromatic rings. The third-order valence-corrected chi connectivity index (χ3v) is 2.72. The predicted molar refractivity (Wildman–Crippen MR) is 71.3 cm³/mol. The maximum Gasteiger partial charge on any atom is 0.260 e. The number of carbonyl (C=O) groups excluding carboxylic acids is 1. The Bertz CT molecular complexity index is 585. The van der Waals surface area contributed by atoms with E-state index in [1.54, 1.807) is 6.33 Å². The molecule has 0 unspecified atom stereocenters. The van der Waals surface area contributed by atoms with Gasteiger partial charge in [-0.25, -0.2) is 10.4 Å². The van der Waals surface area contributed by atoms with E-state index >= 15 is 0 Å². The molecule has 5 heteroatoms. The molecule has 2 rings (SSSR count). The molecular formula is C13H16N4O. The molecule has 0 saturated heterocycles. The summed E-state index contributed by atoms with van der Waals surface area (Å²) in [6.45, 7) is 4.10. The van der Waals surface area contributed by atoms with Crippen LogP contribution in [0.3, 0.4) is 0 Å². The van der Waals surface area contributed by atoms with Crippen LogP contribution in [0.5, 0.6) is 0 Å². The number of carbonyl (C=O) groups is 1. The fourth-order valence-corrected chi connectivity index (χ4v) is 1.56. The van der Waals surface area contributed by atoms with Crippen molar-refractivity contribution < 1.29 is 4.79 Å². The third-order valence-electron chi connectivity index (χ3n) is 2.72. The molecule has 5 nitrogen and oxygen atoms in total. The number of fused-ring (bicyclic) bond motifs is 1. The summed E-state index contributed by atoms with van der Waals surface area (Å²) < 4.78 is 1.81. The molecule has 0 spiro atoms. The lowest BCUT2D eigenvalue weighted by Crippen LogP contribution is -2.23. The molecule has 94 valence electrons. The van der Waals surface area contributed by atoms with Crippen LogP contribution in [0, 0.1) is 0 Å². The summed E-state index contributed by atoms with van der Waals surface area (Å²) in [6.07, 6.45) is 2.49. The van der Waals surface area contributed by atoms with Crippen molar-refractivity contribution in [3.8, 4) is 0 Å². The number of para-hydroxylation sites is 2. The van der Waals surface area contributed by atoms with E-state index in [1.807, 2.05) is 42.7 Å². The van der Waals surface area contributed by atoms with Crippen molar-refractivity contribution in [1.29, 1.82) is 0 Å². The Hall–Kier alpha value is -2.17. The highest BCUT2D eigenvalue weighted by Gasteiger charge is 2.05. The zero-order chi connectivity index (χ0) is 13.0. The van der Waals surface area contributed by atoms with Crippen molar-refractivity contribution >= 4 is 22.7 Å². The zero-order valence-corrected chi connectivity index (χ0v) is 10.6. The van der Waals surface area contributed by atoms with Gasteiger partial charge < -0.3 is 4.57 Å². The number of amides is 1. The first kappa shape index (κ1) is 12.3. The maximum absolute atomic E-state index is 11.7. The van der Waals surface area contributed by atoms with Gasteiger partial charge in [0.25, 0.3) is 5.91 Å². The summed E-state index contributed by atoms with van der Waals surface area (Å²) in [7, 11) is 0. The largest absolute Gasteiger partial charge is 0.321 e. The summed E-state index contributed by atoms with van der Waals surface area (Å²) in [6, 6.07) is 7.71. The van der Waals surface area contributed by atoms with Gasteiger partial charge in [0.2, 0.25) is 0 Å². The lowest BCUT2D eigenvalue weighted by Gasteiger charge is -2.03. The molecule has 1 amide bonds. The normalized spacial score (nSPS) is 11.8. The Balaban J connectivity index is 2.07. The Kier molecular flexibility index (Phi) is 3.72. The molecule has 0 saturated carbocycles. The Morgan fingerprint density at radius 3 is 3.00 bits per heavy atom. The van der Waals surface area contributed by atoms with E-state index in [4.69, 9.17) is 0 Å². The first-order chi connectivity index (χ1) is 8.70. The zero-order valence-electron chi connectivity index (χ0n) is 10.6. The van der Waals surface area contributed by atoms with Crippen LogP contribution in [0.1, 0.15) is 20.3 Å². The van der Waals surface area contributed by atoms with E-state index < -0.39 is 0 Å². The molecule has 0 atom stereocenters. The highest BCUT2D eigenvalue weighted by Crippen LogP contribution is 2.11. The highest BCUT2D eigenvalue weighted by atomic mass is 16.2. The van der Waals surface area contributed by atoms with Crippen molar-refractivity contribution in [2.75, 3.05) is 0 Å². The van der Waals surface area contributed by atoms with E-state index in [9.17, 15) is 4.79 Å². The number of aromatic nitrogens is 2. The monoisotopic (exact) mass is 244 g/mol. The predicted octanol–water partition coefficient (Wildman–Crippen LogP) is 1.94. The second kappa shape index (κ2) is 5.44. The number of imidazole rings is 1. The molecule has 1 aromatic heterocycles.